The maximum atomic E-state index is 5.31. The van der Waals surface area contributed by atoms with Gasteiger partial charge in [-0.15, -0.1) is 0 Å². The van der Waals surface area contributed by atoms with Gasteiger partial charge >= 0.3 is 0 Å². The lowest BCUT2D eigenvalue weighted by atomic mass is 10.1. The number of nitrogens with two attached hydrogens (primary N) is 1. The van der Waals surface area contributed by atoms with Gasteiger partial charge in [0.25, 0.3) is 0 Å². The van der Waals surface area contributed by atoms with E-state index in [2.05, 4.69) is 12.3 Å². The molecule has 0 saturated carbocycles. The smallest absolute Gasteiger partial charge is 0.0629 e. The maximum absolute atomic E-state index is 5.31. The number of rotatable bonds is 7. The number of hydrogen-bond acceptors (Lipinski definition) is 3. The molecule has 68 valence electrons. The molecule has 0 saturated heterocycles. The van der Waals surface area contributed by atoms with Crippen LogP contribution in [0.5, 0.6) is 0 Å². The fourth-order valence-corrected chi connectivity index (χ4v) is 1.06. The highest BCUT2D eigenvalue weighted by molar-refractivity contribution is 4.61. The predicted molar refractivity (Wildman–Crippen MR) is 47.1 cm³/mol. The molecule has 0 radical (unpaired) electrons. The number of nitrogens with one attached hydrogen (secondary N) is 1. The molecule has 3 N–H and O–H groups in total. The van der Waals surface area contributed by atoms with E-state index in [0.29, 0.717) is 12.6 Å². The Kier molecular flexibility index (Phi) is 7.89. The molecule has 11 heavy (non-hydrogen) atoms. The number of hydrogen-bond donors (Lipinski definition) is 2. The van der Waals surface area contributed by atoms with Gasteiger partial charge in [0.05, 0.1) is 6.61 Å². The highest BCUT2D eigenvalue weighted by atomic mass is 16.5. The molecule has 0 aromatic heterocycles. The minimum atomic E-state index is 0.326. The summed E-state index contributed by atoms with van der Waals surface area (Å²) in [5.41, 5.74) is 2.74. The fourth-order valence-electron chi connectivity index (χ4n) is 1.06. The van der Waals surface area contributed by atoms with Crippen LogP contribution < -0.4 is 11.3 Å². The summed E-state index contributed by atoms with van der Waals surface area (Å²) in [6.45, 7) is 2.90. The van der Waals surface area contributed by atoms with Crippen molar-refractivity contribution in [2.45, 2.75) is 38.6 Å². The Morgan fingerprint density at radius 2 is 2.18 bits per heavy atom. The van der Waals surface area contributed by atoms with Crippen LogP contribution in [0.1, 0.15) is 32.6 Å². The first-order valence-electron chi connectivity index (χ1n) is 4.30. The SMILES string of the molecule is CCCCCC(COC)NN. The molecular weight excluding hydrogens is 140 g/mol. The van der Waals surface area contributed by atoms with E-state index in [9.17, 15) is 0 Å². The molecule has 3 nitrogen and oxygen atoms in total. The maximum Gasteiger partial charge on any atom is 0.0629 e. The van der Waals surface area contributed by atoms with Gasteiger partial charge in [-0.05, 0) is 6.42 Å². The van der Waals surface area contributed by atoms with Crippen LogP contribution in [0.4, 0.5) is 0 Å². The van der Waals surface area contributed by atoms with Gasteiger partial charge in [-0.2, -0.15) is 0 Å². The van der Waals surface area contributed by atoms with Crippen LogP contribution in [0.2, 0.25) is 0 Å². The zero-order valence-electron chi connectivity index (χ0n) is 7.60. The second kappa shape index (κ2) is 7.98. The first-order valence-corrected chi connectivity index (χ1v) is 4.30. The molecule has 1 atom stereocenters. The van der Waals surface area contributed by atoms with Crippen LogP contribution in [-0.4, -0.2) is 19.8 Å². The molecule has 0 aromatic carbocycles. The molecule has 0 bridgehead atoms. The van der Waals surface area contributed by atoms with Crippen molar-refractivity contribution < 1.29 is 4.74 Å². The molecule has 0 fully saturated rings. The Labute approximate surface area is 69.3 Å². The van der Waals surface area contributed by atoms with Crippen LogP contribution in [0.25, 0.3) is 0 Å². The standard InChI is InChI=1S/C8H20N2O/c1-3-4-5-6-8(10-9)7-11-2/h8,10H,3-7,9H2,1-2H3. The summed E-state index contributed by atoms with van der Waals surface area (Å²) < 4.78 is 4.98. The van der Waals surface area contributed by atoms with Crippen molar-refractivity contribution in [2.75, 3.05) is 13.7 Å². The summed E-state index contributed by atoms with van der Waals surface area (Å²) >= 11 is 0. The highest BCUT2D eigenvalue weighted by Crippen LogP contribution is 2.02. The second-order valence-electron chi connectivity index (χ2n) is 2.81. The zero-order chi connectivity index (χ0) is 8.53. The highest BCUT2D eigenvalue weighted by Gasteiger charge is 2.03. The molecule has 0 amide bonds. The van der Waals surface area contributed by atoms with E-state index >= 15 is 0 Å². The average molecular weight is 160 g/mol. The Morgan fingerprint density at radius 1 is 1.45 bits per heavy atom. The average Bonchev–Trinajstić information content (AvgIpc) is 2.03. The molecule has 0 spiro atoms. The summed E-state index contributed by atoms with van der Waals surface area (Å²) in [6.07, 6.45) is 4.87. The van der Waals surface area contributed by atoms with Crippen molar-refractivity contribution >= 4 is 0 Å². The van der Waals surface area contributed by atoms with E-state index in [-0.39, 0.29) is 0 Å². The van der Waals surface area contributed by atoms with Crippen LogP contribution in [-0.2, 0) is 4.74 Å². The molecule has 0 aliphatic heterocycles. The van der Waals surface area contributed by atoms with Gasteiger partial charge in [-0.1, -0.05) is 26.2 Å². The van der Waals surface area contributed by atoms with Crippen molar-refractivity contribution in [1.82, 2.24) is 5.43 Å². The van der Waals surface area contributed by atoms with E-state index in [4.69, 9.17) is 10.6 Å². The van der Waals surface area contributed by atoms with Gasteiger partial charge < -0.3 is 4.74 Å². The first-order chi connectivity index (χ1) is 5.35. The predicted octanol–water partition coefficient (Wildman–Crippen LogP) is 1.04. The quantitative estimate of drug-likeness (QED) is 0.332. The molecule has 0 aliphatic carbocycles. The zero-order valence-corrected chi connectivity index (χ0v) is 7.60. The number of ether oxygens (including phenoxy) is 1. The Bertz CT molecular complexity index is 78.5. The van der Waals surface area contributed by atoms with Crippen LogP contribution in [0.15, 0.2) is 0 Å². The number of hydrazine groups is 1. The largest absolute Gasteiger partial charge is 0.383 e. The molecule has 0 aliphatic rings. The summed E-state index contributed by atoms with van der Waals surface area (Å²) in [4.78, 5) is 0. The molecular formula is C8H20N2O. The lowest BCUT2D eigenvalue weighted by molar-refractivity contribution is 0.161. The Hall–Kier alpha value is -0.120. The third-order valence-corrected chi connectivity index (χ3v) is 1.76. The second-order valence-corrected chi connectivity index (χ2v) is 2.81. The van der Waals surface area contributed by atoms with Crippen molar-refractivity contribution in [2.24, 2.45) is 5.84 Å². The van der Waals surface area contributed by atoms with E-state index in [1.165, 1.54) is 19.3 Å². The van der Waals surface area contributed by atoms with Crippen LogP contribution in [0.3, 0.4) is 0 Å². The van der Waals surface area contributed by atoms with E-state index < -0.39 is 0 Å². The lowest BCUT2D eigenvalue weighted by Gasteiger charge is -2.13. The minimum Gasteiger partial charge on any atom is -0.383 e. The summed E-state index contributed by atoms with van der Waals surface area (Å²) in [6, 6.07) is 0.326. The summed E-state index contributed by atoms with van der Waals surface area (Å²) in [7, 11) is 1.70. The molecule has 0 aromatic rings. The van der Waals surface area contributed by atoms with E-state index in [0.717, 1.165) is 6.42 Å². The number of unbranched alkanes of at least 4 members (excludes halogenated alkanes) is 2. The normalized spacial score (nSPS) is 13.4. The van der Waals surface area contributed by atoms with Crippen molar-refractivity contribution in [3.63, 3.8) is 0 Å². The van der Waals surface area contributed by atoms with Gasteiger partial charge in [0.1, 0.15) is 0 Å². The minimum absolute atomic E-state index is 0.326. The Balaban J connectivity index is 3.20. The first kappa shape index (κ1) is 10.9. The fraction of sp³-hybridized carbons (Fsp3) is 1.00. The number of methoxy groups -OCH3 is 1. The Morgan fingerprint density at radius 3 is 2.64 bits per heavy atom. The third-order valence-electron chi connectivity index (χ3n) is 1.76. The van der Waals surface area contributed by atoms with Gasteiger partial charge in [0.2, 0.25) is 0 Å². The monoisotopic (exact) mass is 160 g/mol. The van der Waals surface area contributed by atoms with Gasteiger partial charge in [0.15, 0.2) is 0 Å². The van der Waals surface area contributed by atoms with Gasteiger partial charge in [0, 0.05) is 13.2 Å². The van der Waals surface area contributed by atoms with Crippen LogP contribution >= 0.6 is 0 Å². The third kappa shape index (κ3) is 6.28. The van der Waals surface area contributed by atoms with Crippen molar-refractivity contribution in [3.05, 3.63) is 0 Å². The van der Waals surface area contributed by atoms with E-state index in [1.54, 1.807) is 7.11 Å². The molecule has 3 heteroatoms. The lowest BCUT2D eigenvalue weighted by Crippen LogP contribution is -2.38. The van der Waals surface area contributed by atoms with Gasteiger partial charge in [-0.25, -0.2) is 0 Å². The van der Waals surface area contributed by atoms with Crippen molar-refractivity contribution in [3.8, 4) is 0 Å². The topological polar surface area (TPSA) is 47.3 Å². The van der Waals surface area contributed by atoms with Crippen molar-refractivity contribution in [1.29, 1.82) is 0 Å². The summed E-state index contributed by atoms with van der Waals surface area (Å²) in [5.74, 6) is 5.31. The molecule has 1 unspecified atom stereocenters. The van der Waals surface area contributed by atoms with Gasteiger partial charge in [-0.3, -0.25) is 11.3 Å². The molecule has 0 heterocycles. The molecule has 0 rings (SSSR count). The summed E-state index contributed by atoms with van der Waals surface area (Å²) in [5, 5.41) is 0. The van der Waals surface area contributed by atoms with E-state index in [1.807, 2.05) is 0 Å². The van der Waals surface area contributed by atoms with Crippen LogP contribution in [0, 0.1) is 0 Å².